The first-order chi connectivity index (χ1) is 16.8. The van der Waals surface area contributed by atoms with Gasteiger partial charge in [0.1, 0.15) is 6.54 Å². The Morgan fingerprint density at radius 3 is 2.15 bits per heavy atom. The molecular formula is C31H24NS2+. The van der Waals surface area contributed by atoms with Gasteiger partial charge in [-0.15, -0.1) is 22.7 Å². The highest BCUT2D eigenvalue weighted by atomic mass is 32.1. The van der Waals surface area contributed by atoms with Crippen molar-refractivity contribution >= 4 is 65.8 Å². The van der Waals surface area contributed by atoms with E-state index in [9.17, 15) is 0 Å². The molecule has 4 aromatic carbocycles. The third-order valence-electron chi connectivity index (χ3n) is 7.04. The molecular weight excluding hydrogens is 450 g/mol. The fourth-order valence-corrected chi connectivity index (χ4v) is 7.10. The molecule has 0 fully saturated rings. The monoisotopic (exact) mass is 474 g/mol. The molecule has 0 amide bonds. The summed E-state index contributed by atoms with van der Waals surface area (Å²) in [4.78, 5) is 2.68. The van der Waals surface area contributed by atoms with Crippen LogP contribution in [0.3, 0.4) is 0 Å². The Hall–Kier alpha value is -3.27. The molecule has 0 aliphatic carbocycles. The molecule has 7 aromatic rings. The van der Waals surface area contributed by atoms with Crippen molar-refractivity contribution in [3.8, 4) is 21.0 Å². The number of rotatable bonds is 5. The van der Waals surface area contributed by atoms with Crippen LogP contribution < -0.4 is 4.57 Å². The van der Waals surface area contributed by atoms with Crippen molar-refractivity contribution in [1.82, 2.24) is 0 Å². The third-order valence-corrected chi connectivity index (χ3v) is 8.81. The molecule has 0 bridgehead atoms. The molecule has 34 heavy (non-hydrogen) atoms. The van der Waals surface area contributed by atoms with Crippen molar-refractivity contribution in [2.24, 2.45) is 0 Å². The molecule has 0 saturated heterocycles. The molecule has 0 spiro atoms. The molecule has 0 aliphatic heterocycles. The molecule has 3 heteroatoms. The van der Waals surface area contributed by atoms with Gasteiger partial charge in [0.15, 0.2) is 6.20 Å². The van der Waals surface area contributed by atoms with Crippen LogP contribution in [0.25, 0.3) is 64.1 Å². The highest BCUT2D eigenvalue weighted by Gasteiger charge is 2.26. The average Bonchev–Trinajstić information content (AvgIpc) is 3.59. The molecule has 3 aromatic heterocycles. The summed E-state index contributed by atoms with van der Waals surface area (Å²) in [6.45, 7) is 3.31. The maximum absolute atomic E-state index is 2.53. The minimum atomic E-state index is 1.03. The second-order valence-corrected chi connectivity index (χ2v) is 10.9. The lowest BCUT2D eigenvalue weighted by molar-refractivity contribution is -0.684. The lowest BCUT2D eigenvalue weighted by Crippen LogP contribution is -2.36. The maximum atomic E-state index is 2.53. The van der Waals surface area contributed by atoms with E-state index in [2.05, 4.69) is 101 Å². The van der Waals surface area contributed by atoms with Gasteiger partial charge in [-0.25, -0.2) is 0 Å². The highest BCUT2D eigenvalue weighted by Crippen LogP contribution is 2.44. The molecule has 0 saturated carbocycles. The average molecular weight is 475 g/mol. The number of benzene rings is 4. The summed E-state index contributed by atoms with van der Waals surface area (Å²) in [6.07, 6.45) is 4.79. The summed E-state index contributed by atoms with van der Waals surface area (Å²) < 4.78 is 2.53. The van der Waals surface area contributed by atoms with Gasteiger partial charge >= 0.3 is 0 Å². The summed E-state index contributed by atoms with van der Waals surface area (Å²) >= 11 is 3.68. The van der Waals surface area contributed by atoms with Crippen LogP contribution in [0.1, 0.15) is 19.8 Å². The van der Waals surface area contributed by atoms with E-state index >= 15 is 0 Å². The zero-order valence-electron chi connectivity index (χ0n) is 19.0. The Kier molecular flexibility index (Phi) is 4.68. The van der Waals surface area contributed by atoms with Gasteiger partial charge in [0, 0.05) is 16.7 Å². The normalized spacial score (nSPS) is 12.0. The van der Waals surface area contributed by atoms with Gasteiger partial charge in [0.2, 0.25) is 5.69 Å². The number of aromatic nitrogens is 1. The molecule has 1 nitrogen and oxygen atoms in total. The van der Waals surface area contributed by atoms with E-state index in [-0.39, 0.29) is 0 Å². The van der Waals surface area contributed by atoms with Gasteiger partial charge in [0.25, 0.3) is 0 Å². The van der Waals surface area contributed by atoms with Crippen LogP contribution in [0.4, 0.5) is 0 Å². The Bertz CT molecular complexity index is 1760. The first-order valence-corrected chi connectivity index (χ1v) is 13.7. The lowest BCUT2D eigenvalue weighted by atomic mass is 9.89. The van der Waals surface area contributed by atoms with E-state index < -0.39 is 0 Å². The zero-order valence-corrected chi connectivity index (χ0v) is 20.7. The Morgan fingerprint density at radius 2 is 1.41 bits per heavy atom. The van der Waals surface area contributed by atoms with E-state index in [1.807, 2.05) is 22.7 Å². The first kappa shape index (κ1) is 20.1. The SMILES string of the molecule is CCCC[n+]1cc2c(cc3ccc4cccc5ccc2c3c45)c(-c2cccs2)c1-c1cccs1. The molecule has 0 atom stereocenters. The largest absolute Gasteiger partial charge is 0.231 e. The maximum Gasteiger partial charge on any atom is 0.231 e. The van der Waals surface area contributed by atoms with E-state index in [4.69, 9.17) is 0 Å². The summed E-state index contributed by atoms with van der Waals surface area (Å²) in [7, 11) is 0. The van der Waals surface area contributed by atoms with Crippen LogP contribution in [0.5, 0.6) is 0 Å². The van der Waals surface area contributed by atoms with Crippen molar-refractivity contribution in [3.05, 3.63) is 89.8 Å². The standard InChI is InChI=1S/C31H24NS2/c1-2-3-15-32-19-25-23-14-13-21-8-4-7-20-11-12-22(29(23)28(20)21)18-24(25)30(26-9-5-16-33-26)31(32)27-10-6-17-34-27/h4-14,16-19H,2-3,15H2,1H3/q+1. The molecule has 3 heterocycles. The van der Waals surface area contributed by atoms with E-state index in [0.717, 1.165) is 6.54 Å². The van der Waals surface area contributed by atoms with E-state index in [1.165, 1.54) is 76.9 Å². The molecule has 0 aliphatic rings. The van der Waals surface area contributed by atoms with Gasteiger partial charge in [-0.3, -0.25) is 0 Å². The predicted octanol–water partition coefficient (Wildman–Crippen LogP) is 9.28. The number of nitrogens with zero attached hydrogens (tertiary/aromatic N) is 1. The summed E-state index contributed by atoms with van der Waals surface area (Å²) in [5.41, 5.74) is 2.72. The molecule has 0 unspecified atom stereocenters. The number of pyridine rings is 1. The van der Waals surface area contributed by atoms with Crippen LogP contribution in [0.2, 0.25) is 0 Å². The number of hydrogen-bond acceptors (Lipinski definition) is 2. The van der Waals surface area contributed by atoms with Gasteiger partial charge in [-0.2, -0.15) is 4.57 Å². The number of aryl methyl sites for hydroxylation is 1. The fourth-order valence-electron chi connectivity index (χ4n) is 5.52. The molecule has 164 valence electrons. The summed E-state index contributed by atoms with van der Waals surface area (Å²) in [5.74, 6) is 0. The number of hydrogen-bond donors (Lipinski definition) is 0. The Morgan fingerprint density at radius 1 is 0.676 bits per heavy atom. The smallest absolute Gasteiger partial charge is 0.196 e. The van der Waals surface area contributed by atoms with Crippen LogP contribution in [-0.2, 0) is 6.54 Å². The Labute approximate surface area is 206 Å². The first-order valence-electron chi connectivity index (χ1n) is 12.0. The molecule has 7 rings (SSSR count). The van der Waals surface area contributed by atoms with E-state index in [0.29, 0.717) is 0 Å². The van der Waals surface area contributed by atoms with Crippen LogP contribution >= 0.6 is 22.7 Å². The van der Waals surface area contributed by atoms with Crippen molar-refractivity contribution in [1.29, 1.82) is 0 Å². The second-order valence-electron chi connectivity index (χ2n) is 9.05. The third kappa shape index (κ3) is 2.94. The molecule has 0 radical (unpaired) electrons. The second kappa shape index (κ2) is 7.90. The van der Waals surface area contributed by atoms with Gasteiger partial charge in [0.05, 0.1) is 15.8 Å². The zero-order chi connectivity index (χ0) is 22.6. The summed E-state index contributed by atoms with van der Waals surface area (Å²) in [6, 6.07) is 27.2. The minimum Gasteiger partial charge on any atom is -0.196 e. The van der Waals surface area contributed by atoms with Crippen LogP contribution in [-0.4, -0.2) is 0 Å². The Balaban J connectivity index is 1.71. The number of fused-ring (bicyclic) bond motifs is 2. The lowest BCUT2D eigenvalue weighted by Gasteiger charge is -2.16. The summed E-state index contributed by atoms with van der Waals surface area (Å²) in [5, 5.41) is 15.2. The van der Waals surface area contributed by atoms with Crippen molar-refractivity contribution < 1.29 is 4.57 Å². The quantitative estimate of drug-likeness (QED) is 0.133. The highest BCUT2D eigenvalue weighted by molar-refractivity contribution is 7.14. The van der Waals surface area contributed by atoms with Crippen LogP contribution in [0.15, 0.2) is 89.8 Å². The van der Waals surface area contributed by atoms with Gasteiger partial charge in [-0.05, 0) is 61.3 Å². The van der Waals surface area contributed by atoms with Crippen molar-refractivity contribution in [2.45, 2.75) is 26.3 Å². The number of unbranched alkanes of at least 4 members (excludes halogenated alkanes) is 1. The van der Waals surface area contributed by atoms with Gasteiger partial charge in [-0.1, -0.05) is 67.9 Å². The van der Waals surface area contributed by atoms with E-state index in [1.54, 1.807) is 0 Å². The van der Waals surface area contributed by atoms with Gasteiger partial charge < -0.3 is 0 Å². The molecule has 0 N–H and O–H groups in total. The fraction of sp³-hybridized carbons (Fsp3) is 0.129. The predicted molar refractivity (Wildman–Crippen MR) is 149 cm³/mol. The topological polar surface area (TPSA) is 3.88 Å². The number of thiophene rings is 2. The van der Waals surface area contributed by atoms with Crippen LogP contribution in [0, 0.1) is 0 Å². The minimum absolute atomic E-state index is 1.03. The van der Waals surface area contributed by atoms with Crippen molar-refractivity contribution in [2.75, 3.05) is 0 Å². The van der Waals surface area contributed by atoms with Crippen molar-refractivity contribution in [3.63, 3.8) is 0 Å².